The maximum absolute atomic E-state index is 12.4. The Bertz CT molecular complexity index is 211. The zero-order valence-electron chi connectivity index (χ0n) is 6.97. The highest BCUT2D eigenvalue weighted by molar-refractivity contribution is 5.16. The Morgan fingerprint density at radius 1 is 1.18 bits per heavy atom. The van der Waals surface area contributed by atoms with Crippen LogP contribution < -0.4 is 0 Å². The highest BCUT2D eigenvalue weighted by atomic mass is 18.2. The zero-order valence-corrected chi connectivity index (χ0v) is 6.97. The standard InChI is InChI=1S/C10H13F/c1-8(2)7-9-3-5-10(11)6-4-9/h3-6,8H,7H2,1-2H3/i11-1. The highest BCUT2D eigenvalue weighted by Crippen LogP contribution is 2.08. The lowest BCUT2D eigenvalue weighted by Gasteiger charge is -2.03. The third kappa shape index (κ3) is 2.71. The Kier molecular flexibility index (Phi) is 2.64. The van der Waals surface area contributed by atoms with Gasteiger partial charge in [-0.1, -0.05) is 26.0 Å². The summed E-state index contributed by atoms with van der Waals surface area (Å²) in [6.45, 7) is 4.31. The Labute approximate surface area is 67.1 Å². The second-order valence-electron chi connectivity index (χ2n) is 3.22. The average Bonchev–Trinajstić information content (AvgIpc) is 1.93. The molecule has 0 atom stereocenters. The zero-order chi connectivity index (χ0) is 8.27. The molecule has 0 amide bonds. The van der Waals surface area contributed by atoms with Crippen molar-refractivity contribution in [3.63, 3.8) is 0 Å². The van der Waals surface area contributed by atoms with E-state index in [0.29, 0.717) is 5.92 Å². The van der Waals surface area contributed by atoms with Crippen LogP contribution in [0, 0.1) is 11.7 Å². The Morgan fingerprint density at radius 2 is 1.73 bits per heavy atom. The minimum atomic E-state index is -0.155. The van der Waals surface area contributed by atoms with Gasteiger partial charge in [-0.3, -0.25) is 0 Å². The van der Waals surface area contributed by atoms with Crippen LogP contribution in [-0.4, -0.2) is 0 Å². The van der Waals surface area contributed by atoms with Crippen molar-refractivity contribution in [3.8, 4) is 0 Å². The number of benzene rings is 1. The summed E-state index contributed by atoms with van der Waals surface area (Å²) >= 11 is 0. The smallest absolute Gasteiger partial charge is 0.123 e. The van der Waals surface area contributed by atoms with E-state index in [2.05, 4.69) is 13.8 Å². The van der Waals surface area contributed by atoms with Crippen molar-refractivity contribution in [1.82, 2.24) is 0 Å². The molecule has 1 rings (SSSR count). The van der Waals surface area contributed by atoms with Crippen molar-refractivity contribution in [3.05, 3.63) is 35.6 Å². The van der Waals surface area contributed by atoms with E-state index >= 15 is 0 Å². The molecule has 0 radical (unpaired) electrons. The van der Waals surface area contributed by atoms with Gasteiger partial charge in [-0.05, 0) is 30.0 Å². The molecule has 0 fully saturated rings. The average molecular weight is 151 g/mol. The van der Waals surface area contributed by atoms with Crippen LogP contribution in [0.5, 0.6) is 0 Å². The van der Waals surface area contributed by atoms with E-state index in [9.17, 15) is 4.39 Å². The van der Waals surface area contributed by atoms with Crippen molar-refractivity contribution in [1.29, 1.82) is 0 Å². The molecular formula is C10H13F. The fourth-order valence-corrected chi connectivity index (χ4v) is 1.09. The number of hydrogen-bond acceptors (Lipinski definition) is 0. The first-order chi connectivity index (χ1) is 5.18. The molecule has 1 aromatic rings. The van der Waals surface area contributed by atoms with Crippen LogP contribution in [0.15, 0.2) is 24.3 Å². The number of halogens is 1. The van der Waals surface area contributed by atoms with Crippen LogP contribution in [0.4, 0.5) is 4.39 Å². The summed E-state index contributed by atoms with van der Waals surface area (Å²) in [6.07, 6.45) is 1.03. The molecule has 0 saturated heterocycles. The summed E-state index contributed by atoms with van der Waals surface area (Å²) in [4.78, 5) is 0. The van der Waals surface area contributed by atoms with Crippen molar-refractivity contribution in [2.75, 3.05) is 0 Å². The highest BCUT2D eigenvalue weighted by Gasteiger charge is 1.96. The molecule has 0 heterocycles. The van der Waals surface area contributed by atoms with Crippen LogP contribution in [0.2, 0.25) is 0 Å². The predicted octanol–water partition coefficient (Wildman–Crippen LogP) is 3.02. The van der Waals surface area contributed by atoms with E-state index < -0.39 is 0 Å². The maximum atomic E-state index is 12.4. The van der Waals surface area contributed by atoms with Gasteiger partial charge in [0, 0.05) is 0 Å². The van der Waals surface area contributed by atoms with Gasteiger partial charge in [0.05, 0.1) is 0 Å². The molecule has 11 heavy (non-hydrogen) atoms. The van der Waals surface area contributed by atoms with Gasteiger partial charge in [-0.25, -0.2) is 4.39 Å². The lowest BCUT2D eigenvalue weighted by atomic mass is 10.0. The predicted molar refractivity (Wildman–Crippen MR) is 44.9 cm³/mol. The molecule has 1 heteroatoms. The molecular weight excluding hydrogens is 138 g/mol. The lowest BCUT2D eigenvalue weighted by Crippen LogP contribution is -1.93. The van der Waals surface area contributed by atoms with Gasteiger partial charge in [0.25, 0.3) is 0 Å². The molecule has 0 aliphatic heterocycles. The SMILES string of the molecule is CC(C)Cc1ccc([18F])cc1. The van der Waals surface area contributed by atoms with E-state index in [0.717, 1.165) is 6.42 Å². The molecule has 0 aromatic heterocycles. The van der Waals surface area contributed by atoms with Gasteiger partial charge < -0.3 is 0 Å². The summed E-state index contributed by atoms with van der Waals surface area (Å²) < 4.78 is 12.4. The minimum absolute atomic E-state index is 0.155. The molecule has 0 bridgehead atoms. The van der Waals surface area contributed by atoms with Crippen LogP contribution in [0.3, 0.4) is 0 Å². The molecule has 0 aliphatic carbocycles. The van der Waals surface area contributed by atoms with Crippen LogP contribution in [-0.2, 0) is 6.42 Å². The number of hydrogen-bond donors (Lipinski definition) is 0. The molecule has 0 unspecified atom stereocenters. The van der Waals surface area contributed by atoms with Gasteiger partial charge in [-0.15, -0.1) is 0 Å². The first kappa shape index (κ1) is 8.25. The molecule has 0 aliphatic rings. The minimum Gasteiger partial charge on any atom is -0.207 e. The maximum Gasteiger partial charge on any atom is 0.123 e. The summed E-state index contributed by atoms with van der Waals surface area (Å²) in [7, 11) is 0. The summed E-state index contributed by atoms with van der Waals surface area (Å²) in [6, 6.07) is 6.71. The Balaban J connectivity index is 2.66. The van der Waals surface area contributed by atoms with E-state index in [1.54, 1.807) is 0 Å². The van der Waals surface area contributed by atoms with E-state index in [1.807, 2.05) is 12.1 Å². The lowest BCUT2D eigenvalue weighted by molar-refractivity contribution is 0.620. The quantitative estimate of drug-likeness (QED) is 0.609. The molecule has 0 N–H and O–H groups in total. The van der Waals surface area contributed by atoms with E-state index in [-0.39, 0.29) is 5.82 Å². The Hall–Kier alpha value is -0.850. The van der Waals surface area contributed by atoms with Gasteiger partial charge in [-0.2, -0.15) is 0 Å². The van der Waals surface area contributed by atoms with E-state index in [1.165, 1.54) is 17.7 Å². The molecule has 1 aromatic carbocycles. The fraction of sp³-hybridized carbons (Fsp3) is 0.400. The third-order valence-electron chi connectivity index (χ3n) is 1.56. The molecule has 0 spiro atoms. The normalized spacial score (nSPS) is 10.5. The van der Waals surface area contributed by atoms with Crippen LogP contribution in [0.25, 0.3) is 0 Å². The van der Waals surface area contributed by atoms with E-state index in [4.69, 9.17) is 0 Å². The fourth-order valence-electron chi connectivity index (χ4n) is 1.09. The second kappa shape index (κ2) is 3.51. The molecule has 60 valence electrons. The summed E-state index contributed by atoms with van der Waals surface area (Å²) in [5, 5.41) is 0. The van der Waals surface area contributed by atoms with Crippen LogP contribution in [0.1, 0.15) is 19.4 Å². The van der Waals surface area contributed by atoms with Crippen molar-refractivity contribution in [2.24, 2.45) is 5.92 Å². The summed E-state index contributed by atoms with van der Waals surface area (Å²) in [5.74, 6) is 0.484. The first-order valence-electron chi connectivity index (χ1n) is 3.93. The van der Waals surface area contributed by atoms with Gasteiger partial charge >= 0.3 is 0 Å². The largest absolute Gasteiger partial charge is 0.207 e. The first-order valence-corrected chi connectivity index (χ1v) is 3.93. The van der Waals surface area contributed by atoms with Crippen LogP contribution >= 0.6 is 0 Å². The van der Waals surface area contributed by atoms with Crippen molar-refractivity contribution < 1.29 is 4.39 Å². The third-order valence-corrected chi connectivity index (χ3v) is 1.56. The number of rotatable bonds is 2. The molecule has 0 saturated carbocycles. The van der Waals surface area contributed by atoms with Gasteiger partial charge in [0.15, 0.2) is 0 Å². The van der Waals surface area contributed by atoms with Gasteiger partial charge in [0.1, 0.15) is 5.82 Å². The summed E-state index contributed by atoms with van der Waals surface area (Å²) in [5.41, 5.74) is 1.21. The Morgan fingerprint density at radius 3 is 2.18 bits per heavy atom. The van der Waals surface area contributed by atoms with Crippen molar-refractivity contribution in [2.45, 2.75) is 20.3 Å². The topological polar surface area (TPSA) is 0 Å². The van der Waals surface area contributed by atoms with Crippen molar-refractivity contribution >= 4 is 0 Å². The monoisotopic (exact) mass is 151 g/mol. The van der Waals surface area contributed by atoms with Gasteiger partial charge in [0.2, 0.25) is 0 Å². The second-order valence-corrected chi connectivity index (χ2v) is 3.22. The molecule has 0 nitrogen and oxygen atoms in total.